The second kappa shape index (κ2) is 22.1. The molecule has 444 valence electrons. The highest BCUT2D eigenvalue weighted by Crippen LogP contribution is 2.65. The number of fused-ring (bicyclic) bond motifs is 4. The van der Waals surface area contributed by atoms with E-state index in [1.165, 1.54) is 13.8 Å². The summed E-state index contributed by atoms with van der Waals surface area (Å²) in [6.45, 7) is 22.2. The lowest BCUT2D eigenvalue weighted by Crippen LogP contribution is -2.46. The second-order valence-corrected chi connectivity index (χ2v) is 24.5. The molecule has 12 aliphatic rings. The predicted molar refractivity (Wildman–Crippen MR) is 270 cm³/mol. The molecule has 24 nitrogen and oxygen atoms in total. The molecule has 0 amide bonds. The minimum atomic E-state index is -0.724. The highest BCUT2D eigenvalue weighted by Gasteiger charge is 2.73. The molecule has 4 heterocycles. The first-order valence-corrected chi connectivity index (χ1v) is 27.4. The standard InChI is InChI=1S/2C15H18O6.2C14H16O6/c1-7(2)13(17)19-6-10(16)20-12-11-8-4-15(12,3)5-9(8)14(18)21-11;1-7(2)13(17)19-6-11(16)20-12-8-4-9-10(5-8)15(12,3)21-14(9)18;1-3-9(15)18-6-10(16)19-12-11-7-4-14(12,2)5-8(7)13(17)20-11;1-3-10(15)18-6-11(16)19-12-7-4-8-9(5-7)14(12,2)20-13(8)17/h8-9,11-12H,1,4-6H2,2-3H3;8-10,12H,1,4-6H2,2-3H3;3,7-8,11-12H,1,4-6H2,2H3;3,7-9,12H,1,4-6H2,2H3. The minimum absolute atomic E-state index is 0.0430. The van der Waals surface area contributed by atoms with E-state index in [0.29, 0.717) is 25.7 Å². The SMILES string of the molecule is C=C(C)C(=O)OCC(=O)OC1C2CC3C(=O)OC1(C)C3C2.C=C(C)C(=O)OCC(=O)OC1C2OC(=O)C3CC1(C)CC32.C=CC(=O)OCC(=O)OC1C2CC3C(=O)OC1(C)C3C2.C=CC(=O)OCC(=O)OC1C2OC(=O)C3CC1(C)CC32. The van der Waals surface area contributed by atoms with Crippen LogP contribution in [0.3, 0.4) is 0 Å². The zero-order valence-electron chi connectivity index (χ0n) is 46.5. The van der Waals surface area contributed by atoms with Gasteiger partial charge in [-0.15, -0.1) is 0 Å². The van der Waals surface area contributed by atoms with E-state index >= 15 is 0 Å². The summed E-state index contributed by atoms with van der Waals surface area (Å²) in [5, 5.41) is 0. The Hall–Kier alpha value is -7.40. The summed E-state index contributed by atoms with van der Waals surface area (Å²) < 4.78 is 62.0. The van der Waals surface area contributed by atoms with Crippen molar-refractivity contribution in [2.45, 2.75) is 141 Å². The highest BCUT2D eigenvalue weighted by atomic mass is 16.6. The van der Waals surface area contributed by atoms with Gasteiger partial charge in [-0.2, -0.15) is 0 Å². The van der Waals surface area contributed by atoms with Gasteiger partial charge in [-0.1, -0.05) is 40.2 Å². The summed E-state index contributed by atoms with van der Waals surface area (Å²) in [7, 11) is 0. The molecule has 24 heteroatoms. The molecule has 4 aliphatic heterocycles. The van der Waals surface area contributed by atoms with Gasteiger partial charge in [0, 0.05) is 69.6 Å². The van der Waals surface area contributed by atoms with Crippen LogP contribution in [0.2, 0.25) is 0 Å². The zero-order chi connectivity index (χ0) is 59.7. The fourth-order valence-electron chi connectivity index (χ4n) is 15.6. The van der Waals surface area contributed by atoms with E-state index in [-0.39, 0.29) is 117 Å². The molecule has 8 bridgehead atoms. The third kappa shape index (κ3) is 10.7. The molecule has 0 N–H and O–H groups in total. The Balaban J connectivity index is 0.000000132. The average Bonchev–Trinajstić information content (AvgIpc) is 3.00. The summed E-state index contributed by atoms with van der Waals surface area (Å²) in [6.07, 6.45) is 5.67. The number of esters is 12. The summed E-state index contributed by atoms with van der Waals surface area (Å²) in [5.41, 5.74) is -1.43. The van der Waals surface area contributed by atoms with Crippen molar-refractivity contribution in [1.82, 2.24) is 0 Å². The smallest absolute Gasteiger partial charge is 0.344 e. The average molecular weight is 1150 g/mol. The van der Waals surface area contributed by atoms with Gasteiger partial charge in [-0.3, -0.25) is 19.2 Å². The lowest BCUT2D eigenvalue weighted by molar-refractivity contribution is -0.178. The number of rotatable bonds is 16. The van der Waals surface area contributed by atoms with Crippen molar-refractivity contribution in [3.8, 4) is 0 Å². The fourth-order valence-corrected chi connectivity index (χ4v) is 15.6. The van der Waals surface area contributed by atoms with Gasteiger partial charge in [0.15, 0.2) is 26.4 Å². The first-order chi connectivity index (χ1) is 38.5. The van der Waals surface area contributed by atoms with Crippen molar-refractivity contribution >= 4 is 71.6 Å². The quantitative estimate of drug-likeness (QED) is 0.122. The fraction of sp³-hybridized carbons (Fsp3) is 0.655. The molecule has 4 saturated heterocycles. The van der Waals surface area contributed by atoms with Crippen LogP contribution in [0.25, 0.3) is 0 Å². The normalized spacial score (nSPS) is 39.7. The summed E-state index contributed by atoms with van der Waals surface area (Å²) in [4.78, 5) is 138. The van der Waals surface area contributed by atoms with E-state index in [4.69, 9.17) is 47.4 Å². The Morgan fingerprint density at radius 2 is 0.805 bits per heavy atom. The van der Waals surface area contributed by atoms with Gasteiger partial charge in [-0.05, 0) is 79.1 Å². The van der Waals surface area contributed by atoms with Crippen molar-refractivity contribution in [3.05, 3.63) is 49.6 Å². The van der Waals surface area contributed by atoms with Crippen molar-refractivity contribution in [2.75, 3.05) is 26.4 Å². The third-order valence-electron chi connectivity index (χ3n) is 19.0. The molecule has 0 radical (unpaired) electrons. The molecule has 12 fully saturated rings. The van der Waals surface area contributed by atoms with Crippen LogP contribution >= 0.6 is 0 Å². The third-order valence-corrected chi connectivity index (χ3v) is 19.0. The molecule has 0 aromatic heterocycles. The zero-order valence-corrected chi connectivity index (χ0v) is 46.5. The number of carbonyl (C=O) groups is 12. The van der Waals surface area contributed by atoms with Crippen LogP contribution in [0.15, 0.2) is 49.6 Å². The predicted octanol–water partition coefficient (Wildman–Crippen LogP) is 3.18. The van der Waals surface area contributed by atoms with Crippen molar-refractivity contribution in [1.29, 1.82) is 0 Å². The van der Waals surface area contributed by atoms with E-state index in [1.54, 1.807) is 0 Å². The van der Waals surface area contributed by atoms with E-state index in [0.717, 1.165) is 37.8 Å². The van der Waals surface area contributed by atoms with Gasteiger partial charge in [0.25, 0.3) is 0 Å². The molecule has 20 atom stereocenters. The minimum Gasteiger partial charge on any atom is -0.458 e. The van der Waals surface area contributed by atoms with E-state index < -0.39 is 110 Å². The maximum Gasteiger partial charge on any atom is 0.344 e. The van der Waals surface area contributed by atoms with Crippen molar-refractivity contribution in [3.63, 3.8) is 0 Å². The van der Waals surface area contributed by atoms with E-state index in [2.05, 4.69) is 35.8 Å². The van der Waals surface area contributed by atoms with Gasteiger partial charge in [0.2, 0.25) is 0 Å². The van der Waals surface area contributed by atoms with E-state index in [1.807, 2.05) is 27.7 Å². The van der Waals surface area contributed by atoms with Crippen LogP contribution in [0, 0.1) is 70.0 Å². The van der Waals surface area contributed by atoms with Crippen LogP contribution < -0.4 is 0 Å². The summed E-state index contributed by atoms with van der Waals surface area (Å²) >= 11 is 0. The Kier molecular flexibility index (Phi) is 15.9. The molecule has 0 aromatic carbocycles. The Morgan fingerprint density at radius 3 is 1.13 bits per heavy atom. The van der Waals surface area contributed by atoms with Crippen LogP contribution in [-0.2, 0) is 114 Å². The molecular weight excluding hydrogens is 1080 g/mol. The summed E-state index contributed by atoms with van der Waals surface area (Å²) in [6, 6.07) is 0. The van der Waals surface area contributed by atoms with E-state index in [9.17, 15) is 57.5 Å². The van der Waals surface area contributed by atoms with Crippen LogP contribution in [-0.4, -0.2) is 146 Å². The molecule has 8 saturated carbocycles. The lowest BCUT2D eigenvalue weighted by Gasteiger charge is -2.34. The Labute approximate surface area is 471 Å². The number of hydrogen-bond donors (Lipinski definition) is 0. The van der Waals surface area contributed by atoms with Gasteiger partial charge in [-0.25, -0.2) is 38.4 Å². The van der Waals surface area contributed by atoms with Gasteiger partial charge >= 0.3 is 71.6 Å². The number of carbonyl (C=O) groups excluding carboxylic acids is 12. The first-order valence-electron chi connectivity index (χ1n) is 27.4. The van der Waals surface area contributed by atoms with Gasteiger partial charge in [0.1, 0.15) is 47.8 Å². The molecule has 12 rings (SSSR count). The molecule has 0 spiro atoms. The van der Waals surface area contributed by atoms with Crippen molar-refractivity contribution in [2.24, 2.45) is 70.0 Å². The van der Waals surface area contributed by atoms with Crippen LogP contribution in [0.5, 0.6) is 0 Å². The van der Waals surface area contributed by atoms with Gasteiger partial charge in [0.05, 0.1) is 23.7 Å². The maximum atomic E-state index is 11.8. The molecule has 8 aliphatic carbocycles. The summed E-state index contributed by atoms with van der Waals surface area (Å²) in [5.74, 6) is -5.13. The largest absolute Gasteiger partial charge is 0.458 e. The first kappa shape index (κ1) is 59.2. The Morgan fingerprint density at radius 1 is 0.476 bits per heavy atom. The topological polar surface area (TPSA) is 316 Å². The highest BCUT2D eigenvalue weighted by molar-refractivity contribution is 5.90. The molecule has 0 aromatic rings. The molecule has 82 heavy (non-hydrogen) atoms. The Bertz CT molecular complexity index is 2740. The lowest BCUT2D eigenvalue weighted by atomic mass is 9.79. The van der Waals surface area contributed by atoms with Crippen molar-refractivity contribution < 1.29 is 114 Å². The monoisotopic (exact) mass is 1150 g/mol. The second-order valence-electron chi connectivity index (χ2n) is 24.5. The number of ether oxygens (including phenoxy) is 12. The number of hydrogen-bond acceptors (Lipinski definition) is 24. The maximum absolute atomic E-state index is 11.8. The molecular formula is C58H68O24. The molecule has 20 unspecified atom stereocenters. The van der Waals surface area contributed by atoms with Gasteiger partial charge < -0.3 is 56.8 Å². The van der Waals surface area contributed by atoms with Crippen LogP contribution in [0.4, 0.5) is 0 Å². The van der Waals surface area contributed by atoms with Crippen LogP contribution in [0.1, 0.15) is 92.9 Å².